The van der Waals surface area contributed by atoms with Gasteiger partial charge in [-0.05, 0) is 37.8 Å². The highest BCUT2D eigenvalue weighted by molar-refractivity contribution is 5.94. The quantitative estimate of drug-likeness (QED) is 0.421. The van der Waals surface area contributed by atoms with Gasteiger partial charge in [-0.2, -0.15) is 0 Å². The fraction of sp³-hybridized carbons (Fsp3) is 0.278. The summed E-state index contributed by atoms with van der Waals surface area (Å²) in [5.41, 5.74) is 2.50. The smallest absolute Gasteiger partial charge is 0.338 e. The Morgan fingerprint density at radius 3 is 2.60 bits per heavy atom. The standard InChI is InChI=1S/C18H22O2/c1-4-10-15(3)17(18(19)20-5-2)14-9-13-16-11-7-6-8-12-16/h4,6-8,10-12,14H,3,5,9,13H2,1-2H3/b10-4+,17-14+. The molecule has 0 saturated heterocycles. The van der Waals surface area contributed by atoms with Crippen LogP contribution in [0.3, 0.4) is 0 Å². The Kier molecular flexibility index (Phi) is 7.12. The van der Waals surface area contributed by atoms with E-state index in [1.165, 1.54) is 5.56 Å². The van der Waals surface area contributed by atoms with Crippen molar-refractivity contribution in [3.05, 3.63) is 71.8 Å². The summed E-state index contributed by atoms with van der Waals surface area (Å²) in [5.74, 6) is -0.302. The maximum atomic E-state index is 11.9. The number of carbonyl (C=O) groups is 1. The highest BCUT2D eigenvalue weighted by atomic mass is 16.5. The van der Waals surface area contributed by atoms with Crippen LogP contribution in [-0.2, 0) is 16.0 Å². The first-order valence-electron chi connectivity index (χ1n) is 6.92. The molecule has 1 rings (SSSR count). The molecule has 0 saturated carbocycles. The summed E-state index contributed by atoms with van der Waals surface area (Å²) < 4.78 is 5.07. The van der Waals surface area contributed by atoms with Gasteiger partial charge in [0.1, 0.15) is 0 Å². The Balaban J connectivity index is 2.74. The summed E-state index contributed by atoms with van der Waals surface area (Å²) in [4.78, 5) is 11.9. The SMILES string of the molecule is C=C(/C=C/C)/C(=C\CCc1ccccc1)C(=O)OCC. The van der Waals surface area contributed by atoms with E-state index in [1.54, 1.807) is 6.92 Å². The third-order valence-electron chi connectivity index (χ3n) is 2.83. The van der Waals surface area contributed by atoms with Crippen molar-refractivity contribution in [2.45, 2.75) is 26.7 Å². The molecule has 0 fully saturated rings. The summed E-state index contributed by atoms with van der Waals surface area (Å²) >= 11 is 0. The van der Waals surface area contributed by atoms with Crippen molar-refractivity contribution >= 4 is 5.97 Å². The monoisotopic (exact) mass is 270 g/mol. The van der Waals surface area contributed by atoms with Crippen LogP contribution in [0, 0.1) is 0 Å². The minimum atomic E-state index is -0.302. The normalized spacial score (nSPS) is 11.6. The average molecular weight is 270 g/mol. The molecule has 0 unspecified atom stereocenters. The second-order valence-corrected chi connectivity index (χ2v) is 4.39. The zero-order valence-electron chi connectivity index (χ0n) is 12.3. The van der Waals surface area contributed by atoms with Crippen LogP contribution in [0.15, 0.2) is 66.3 Å². The van der Waals surface area contributed by atoms with E-state index < -0.39 is 0 Å². The molecule has 0 radical (unpaired) electrons. The van der Waals surface area contributed by atoms with Crippen molar-refractivity contribution in [2.24, 2.45) is 0 Å². The van der Waals surface area contributed by atoms with Gasteiger partial charge in [0.15, 0.2) is 0 Å². The Labute approximate surface area is 121 Å². The predicted octanol–water partition coefficient (Wildman–Crippen LogP) is 4.24. The van der Waals surface area contributed by atoms with Crippen LogP contribution < -0.4 is 0 Å². The molecule has 0 aliphatic rings. The fourth-order valence-corrected chi connectivity index (χ4v) is 1.87. The first kappa shape index (κ1) is 16.0. The number of hydrogen-bond donors (Lipinski definition) is 0. The second kappa shape index (κ2) is 8.92. The number of allylic oxidation sites excluding steroid dienone is 3. The number of ether oxygens (including phenoxy) is 1. The van der Waals surface area contributed by atoms with Crippen molar-refractivity contribution in [3.8, 4) is 0 Å². The molecule has 0 atom stereocenters. The number of carbonyl (C=O) groups excluding carboxylic acids is 1. The van der Waals surface area contributed by atoms with Crippen molar-refractivity contribution in [2.75, 3.05) is 6.61 Å². The molecule has 0 bridgehead atoms. The minimum absolute atomic E-state index is 0.302. The lowest BCUT2D eigenvalue weighted by Crippen LogP contribution is -2.09. The Hall–Kier alpha value is -2.09. The van der Waals surface area contributed by atoms with E-state index in [4.69, 9.17) is 4.74 Å². The number of hydrogen-bond acceptors (Lipinski definition) is 2. The molecule has 0 heterocycles. The highest BCUT2D eigenvalue weighted by Crippen LogP contribution is 2.14. The summed E-state index contributed by atoms with van der Waals surface area (Å²) in [7, 11) is 0. The van der Waals surface area contributed by atoms with E-state index in [1.807, 2.05) is 43.4 Å². The van der Waals surface area contributed by atoms with E-state index in [0.717, 1.165) is 12.8 Å². The molecule has 0 amide bonds. The van der Waals surface area contributed by atoms with Crippen LogP contribution in [0.5, 0.6) is 0 Å². The largest absolute Gasteiger partial charge is 0.462 e. The van der Waals surface area contributed by atoms with Crippen molar-refractivity contribution in [1.82, 2.24) is 0 Å². The molecule has 2 heteroatoms. The molecule has 0 N–H and O–H groups in total. The van der Waals surface area contributed by atoms with Gasteiger partial charge in [-0.3, -0.25) is 0 Å². The molecule has 0 aliphatic heterocycles. The third kappa shape index (κ3) is 5.27. The minimum Gasteiger partial charge on any atom is -0.462 e. The fourth-order valence-electron chi connectivity index (χ4n) is 1.87. The zero-order chi connectivity index (χ0) is 14.8. The first-order chi connectivity index (χ1) is 9.69. The van der Waals surface area contributed by atoms with E-state index in [-0.39, 0.29) is 5.97 Å². The van der Waals surface area contributed by atoms with Gasteiger partial charge in [0, 0.05) is 0 Å². The van der Waals surface area contributed by atoms with E-state index in [0.29, 0.717) is 17.8 Å². The molecule has 0 aliphatic carbocycles. The Bertz CT molecular complexity index is 495. The first-order valence-corrected chi connectivity index (χ1v) is 6.92. The summed E-state index contributed by atoms with van der Waals surface area (Å²) in [6.45, 7) is 8.00. The lowest BCUT2D eigenvalue weighted by Gasteiger charge is -2.07. The summed E-state index contributed by atoms with van der Waals surface area (Å²) in [6, 6.07) is 10.2. The van der Waals surface area contributed by atoms with E-state index in [2.05, 4.69) is 18.7 Å². The lowest BCUT2D eigenvalue weighted by molar-refractivity contribution is -0.138. The van der Waals surface area contributed by atoms with Crippen LogP contribution in [0.1, 0.15) is 25.8 Å². The Morgan fingerprint density at radius 2 is 2.00 bits per heavy atom. The summed E-state index contributed by atoms with van der Waals surface area (Å²) in [5, 5.41) is 0. The lowest BCUT2D eigenvalue weighted by atomic mass is 10.0. The predicted molar refractivity (Wildman–Crippen MR) is 83.4 cm³/mol. The Morgan fingerprint density at radius 1 is 1.30 bits per heavy atom. The van der Waals surface area contributed by atoms with E-state index >= 15 is 0 Å². The highest BCUT2D eigenvalue weighted by Gasteiger charge is 2.11. The molecule has 20 heavy (non-hydrogen) atoms. The maximum Gasteiger partial charge on any atom is 0.338 e. The van der Waals surface area contributed by atoms with Crippen LogP contribution in [0.25, 0.3) is 0 Å². The number of benzene rings is 1. The second-order valence-electron chi connectivity index (χ2n) is 4.39. The van der Waals surface area contributed by atoms with Gasteiger partial charge in [-0.15, -0.1) is 0 Å². The molecular formula is C18H22O2. The third-order valence-corrected chi connectivity index (χ3v) is 2.83. The number of rotatable bonds is 7. The molecule has 106 valence electrons. The molecule has 0 aromatic heterocycles. The maximum absolute atomic E-state index is 11.9. The van der Waals surface area contributed by atoms with Crippen LogP contribution in [0.2, 0.25) is 0 Å². The van der Waals surface area contributed by atoms with Crippen LogP contribution in [-0.4, -0.2) is 12.6 Å². The molecule has 1 aromatic carbocycles. The topological polar surface area (TPSA) is 26.3 Å². The van der Waals surface area contributed by atoms with Crippen molar-refractivity contribution < 1.29 is 9.53 Å². The van der Waals surface area contributed by atoms with Crippen LogP contribution in [0.4, 0.5) is 0 Å². The van der Waals surface area contributed by atoms with Crippen molar-refractivity contribution in [1.29, 1.82) is 0 Å². The van der Waals surface area contributed by atoms with Crippen LogP contribution >= 0.6 is 0 Å². The molecule has 1 aromatic rings. The summed E-state index contributed by atoms with van der Waals surface area (Å²) in [6.07, 6.45) is 7.28. The van der Waals surface area contributed by atoms with Gasteiger partial charge in [0.05, 0.1) is 12.2 Å². The number of esters is 1. The zero-order valence-corrected chi connectivity index (χ0v) is 12.3. The van der Waals surface area contributed by atoms with Crippen molar-refractivity contribution in [3.63, 3.8) is 0 Å². The average Bonchev–Trinajstić information content (AvgIpc) is 2.45. The molecular weight excluding hydrogens is 248 g/mol. The molecule has 2 nitrogen and oxygen atoms in total. The van der Waals surface area contributed by atoms with Gasteiger partial charge >= 0.3 is 5.97 Å². The molecule has 0 spiro atoms. The van der Waals surface area contributed by atoms with Gasteiger partial charge in [-0.1, -0.05) is 55.1 Å². The van der Waals surface area contributed by atoms with Gasteiger partial charge in [0.2, 0.25) is 0 Å². The number of aryl methyl sites for hydroxylation is 1. The van der Waals surface area contributed by atoms with Gasteiger partial charge < -0.3 is 4.74 Å². The van der Waals surface area contributed by atoms with Gasteiger partial charge in [0.25, 0.3) is 0 Å². The van der Waals surface area contributed by atoms with Gasteiger partial charge in [-0.25, -0.2) is 4.79 Å². The van der Waals surface area contributed by atoms with E-state index in [9.17, 15) is 4.79 Å².